The number of nitrogens with one attached hydrogen (secondary N) is 1. The van der Waals surface area contributed by atoms with Crippen molar-refractivity contribution in [3.63, 3.8) is 0 Å². The van der Waals surface area contributed by atoms with E-state index in [1.807, 2.05) is 6.92 Å². The SMILES string of the molecule is CCC(C)(Nc1cc(C(=O)OC)ccc1N)C(N)=O. The Hall–Kier alpha value is -2.24. The van der Waals surface area contributed by atoms with Crippen LogP contribution in [0.2, 0.25) is 0 Å². The van der Waals surface area contributed by atoms with E-state index in [2.05, 4.69) is 10.1 Å². The van der Waals surface area contributed by atoms with Gasteiger partial charge in [0.15, 0.2) is 0 Å². The minimum Gasteiger partial charge on any atom is -0.465 e. The standard InChI is InChI=1S/C13H19N3O3/c1-4-13(2,12(15)18)16-10-7-8(11(17)19-3)5-6-9(10)14/h5-7,16H,4,14H2,1-3H3,(H2,15,18). The lowest BCUT2D eigenvalue weighted by molar-refractivity contribution is -0.121. The summed E-state index contributed by atoms with van der Waals surface area (Å²) in [6.07, 6.45) is 0.490. The summed E-state index contributed by atoms with van der Waals surface area (Å²) >= 11 is 0. The maximum absolute atomic E-state index is 11.5. The van der Waals surface area contributed by atoms with Gasteiger partial charge in [-0.05, 0) is 31.5 Å². The van der Waals surface area contributed by atoms with E-state index in [0.717, 1.165) is 0 Å². The van der Waals surface area contributed by atoms with Gasteiger partial charge in [0.25, 0.3) is 0 Å². The minimum atomic E-state index is -0.928. The van der Waals surface area contributed by atoms with Gasteiger partial charge in [-0.25, -0.2) is 4.79 Å². The van der Waals surface area contributed by atoms with Crippen molar-refractivity contribution < 1.29 is 14.3 Å². The third-order valence-electron chi connectivity index (χ3n) is 3.14. The molecule has 0 aromatic heterocycles. The van der Waals surface area contributed by atoms with E-state index in [4.69, 9.17) is 11.5 Å². The lowest BCUT2D eigenvalue weighted by Crippen LogP contribution is -2.47. The van der Waals surface area contributed by atoms with E-state index in [1.165, 1.54) is 13.2 Å². The highest BCUT2D eigenvalue weighted by Crippen LogP contribution is 2.25. The Morgan fingerprint density at radius 3 is 2.53 bits per heavy atom. The van der Waals surface area contributed by atoms with Gasteiger partial charge in [0, 0.05) is 0 Å². The van der Waals surface area contributed by atoms with Crippen molar-refractivity contribution in [1.82, 2.24) is 0 Å². The van der Waals surface area contributed by atoms with Gasteiger partial charge in [-0.3, -0.25) is 4.79 Å². The number of rotatable bonds is 5. The number of nitrogen functional groups attached to an aromatic ring is 1. The molecule has 0 aliphatic rings. The van der Waals surface area contributed by atoms with E-state index >= 15 is 0 Å². The third kappa shape index (κ3) is 3.15. The smallest absolute Gasteiger partial charge is 0.337 e. The normalized spacial score (nSPS) is 13.4. The van der Waals surface area contributed by atoms with Gasteiger partial charge < -0.3 is 21.5 Å². The van der Waals surface area contributed by atoms with Gasteiger partial charge in [0.05, 0.1) is 24.0 Å². The number of ether oxygens (including phenoxy) is 1. The Balaban J connectivity index is 3.13. The van der Waals surface area contributed by atoms with E-state index < -0.39 is 17.4 Å². The predicted octanol–water partition coefficient (Wildman–Crippen LogP) is 1.12. The molecule has 1 aromatic rings. The highest BCUT2D eigenvalue weighted by molar-refractivity contribution is 5.93. The van der Waals surface area contributed by atoms with E-state index in [1.54, 1.807) is 19.1 Å². The summed E-state index contributed by atoms with van der Waals surface area (Å²) in [5, 5.41) is 2.98. The van der Waals surface area contributed by atoms with Gasteiger partial charge in [-0.2, -0.15) is 0 Å². The molecule has 0 spiro atoms. The van der Waals surface area contributed by atoms with Crippen LogP contribution in [0.3, 0.4) is 0 Å². The molecule has 0 saturated carbocycles. The van der Waals surface area contributed by atoms with E-state index in [0.29, 0.717) is 23.4 Å². The molecule has 0 radical (unpaired) electrons. The monoisotopic (exact) mass is 265 g/mol. The molecule has 5 N–H and O–H groups in total. The van der Waals surface area contributed by atoms with Crippen molar-refractivity contribution in [1.29, 1.82) is 0 Å². The lowest BCUT2D eigenvalue weighted by Gasteiger charge is -2.28. The summed E-state index contributed by atoms with van der Waals surface area (Å²) in [6, 6.07) is 4.67. The predicted molar refractivity (Wildman–Crippen MR) is 73.7 cm³/mol. The molecule has 0 bridgehead atoms. The topological polar surface area (TPSA) is 107 Å². The van der Waals surface area contributed by atoms with Crippen molar-refractivity contribution in [2.45, 2.75) is 25.8 Å². The van der Waals surface area contributed by atoms with Crippen LogP contribution in [0.4, 0.5) is 11.4 Å². The average molecular weight is 265 g/mol. The van der Waals surface area contributed by atoms with Crippen LogP contribution in [0, 0.1) is 0 Å². The van der Waals surface area contributed by atoms with Crippen LogP contribution in [0.5, 0.6) is 0 Å². The van der Waals surface area contributed by atoms with Crippen molar-refractivity contribution in [2.75, 3.05) is 18.2 Å². The maximum Gasteiger partial charge on any atom is 0.337 e. The first-order valence-corrected chi connectivity index (χ1v) is 5.90. The van der Waals surface area contributed by atoms with Gasteiger partial charge in [0.1, 0.15) is 5.54 Å². The average Bonchev–Trinajstić information content (AvgIpc) is 2.39. The molecule has 0 saturated heterocycles. The van der Waals surface area contributed by atoms with Crippen LogP contribution in [-0.2, 0) is 9.53 Å². The molecule has 0 aliphatic carbocycles. The first-order chi connectivity index (χ1) is 8.84. The van der Waals surface area contributed by atoms with Crippen molar-refractivity contribution in [3.05, 3.63) is 23.8 Å². The van der Waals surface area contributed by atoms with E-state index in [-0.39, 0.29) is 0 Å². The van der Waals surface area contributed by atoms with Crippen LogP contribution in [0.15, 0.2) is 18.2 Å². The summed E-state index contributed by atoms with van der Waals surface area (Å²) in [6.45, 7) is 3.51. The molecule has 1 aromatic carbocycles. The number of carbonyl (C=O) groups excluding carboxylic acids is 2. The number of hydrogen-bond donors (Lipinski definition) is 3. The zero-order valence-corrected chi connectivity index (χ0v) is 11.3. The number of hydrogen-bond acceptors (Lipinski definition) is 5. The zero-order valence-electron chi connectivity index (χ0n) is 11.3. The molecule has 6 heteroatoms. The number of anilines is 2. The first kappa shape index (κ1) is 14.8. The molecule has 0 aliphatic heterocycles. The Bertz CT molecular complexity index is 502. The summed E-state index contributed by atoms with van der Waals surface area (Å²) in [5.74, 6) is -0.960. The van der Waals surface area contributed by atoms with Crippen LogP contribution in [0.1, 0.15) is 30.6 Å². The number of carbonyl (C=O) groups is 2. The molecular weight excluding hydrogens is 246 g/mol. The summed E-state index contributed by atoms with van der Waals surface area (Å²) in [5.41, 5.74) is 11.5. The lowest BCUT2D eigenvalue weighted by atomic mass is 9.97. The number of primary amides is 1. The number of methoxy groups -OCH3 is 1. The van der Waals surface area contributed by atoms with Crippen LogP contribution in [-0.4, -0.2) is 24.5 Å². The van der Waals surface area contributed by atoms with Crippen LogP contribution < -0.4 is 16.8 Å². The molecule has 1 rings (SSSR count). The Labute approximate surface area is 112 Å². The van der Waals surface area contributed by atoms with Gasteiger partial charge >= 0.3 is 5.97 Å². The number of nitrogens with two attached hydrogens (primary N) is 2. The molecule has 104 valence electrons. The Morgan fingerprint density at radius 2 is 2.05 bits per heavy atom. The maximum atomic E-state index is 11.5. The molecule has 1 atom stereocenters. The second kappa shape index (κ2) is 5.60. The summed E-state index contributed by atoms with van der Waals surface area (Å²) < 4.78 is 4.64. The zero-order chi connectivity index (χ0) is 14.6. The fraction of sp³-hybridized carbons (Fsp3) is 0.385. The first-order valence-electron chi connectivity index (χ1n) is 5.90. The number of amides is 1. The largest absolute Gasteiger partial charge is 0.465 e. The molecule has 0 heterocycles. The third-order valence-corrected chi connectivity index (χ3v) is 3.14. The Kier molecular flexibility index (Phi) is 4.37. The number of esters is 1. The second-order valence-electron chi connectivity index (χ2n) is 4.47. The molecule has 19 heavy (non-hydrogen) atoms. The van der Waals surface area contributed by atoms with Gasteiger partial charge in [-0.15, -0.1) is 0 Å². The highest BCUT2D eigenvalue weighted by atomic mass is 16.5. The molecule has 6 nitrogen and oxygen atoms in total. The Morgan fingerprint density at radius 1 is 1.42 bits per heavy atom. The van der Waals surface area contributed by atoms with Gasteiger partial charge in [0.2, 0.25) is 5.91 Å². The van der Waals surface area contributed by atoms with Gasteiger partial charge in [-0.1, -0.05) is 6.92 Å². The fourth-order valence-electron chi connectivity index (χ4n) is 1.53. The molecular formula is C13H19N3O3. The minimum absolute atomic E-state index is 0.349. The molecule has 1 unspecified atom stereocenters. The van der Waals surface area contributed by atoms with Crippen molar-refractivity contribution in [3.8, 4) is 0 Å². The molecule has 1 amide bonds. The van der Waals surface area contributed by atoms with Crippen LogP contribution in [0.25, 0.3) is 0 Å². The van der Waals surface area contributed by atoms with Crippen molar-refractivity contribution >= 4 is 23.3 Å². The van der Waals surface area contributed by atoms with Crippen molar-refractivity contribution in [2.24, 2.45) is 5.73 Å². The summed E-state index contributed by atoms with van der Waals surface area (Å²) in [7, 11) is 1.30. The second-order valence-corrected chi connectivity index (χ2v) is 4.47. The number of benzene rings is 1. The van der Waals surface area contributed by atoms with E-state index in [9.17, 15) is 9.59 Å². The fourth-order valence-corrected chi connectivity index (χ4v) is 1.53. The molecule has 0 fully saturated rings. The quantitative estimate of drug-likeness (QED) is 0.546. The van der Waals surface area contributed by atoms with Crippen LogP contribution >= 0.6 is 0 Å². The summed E-state index contributed by atoms with van der Waals surface area (Å²) in [4.78, 5) is 22.9. The highest BCUT2D eigenvalue weighted by Gasteiger charge is 2.29.